The van der Waals surface area contributed by atoms with Gasteiger partial charge in [0.15, 0.2) is 5.75 Å². The molecule has 0 radical (unpaired) electrons. The van der Waals surface area contributed by atoms with Gasteiger partial charge in [-0.2, -0.15) is 5.10 Å². The molecule has 1 amide bonds. The molecule has 1 unspecified atom stereocenters. The molecule has 0 saturated heterocycles. The smallest absolute Gasteiger partial charge is 0.344 e. The van der Waals surface area contributed by atoms with E-state index >= 15 is 0 Å². The van der Waals surface area contributed by atoms with Gasteiger partial charge in [-0.15, -0.1) is 0 Å². The minimum absolute atomic E-state index is 0.172. The average Bonchev–Trinajstić information content (AvgIpc) is 3.69. The molecule has 190 valence electrons. The monoisotopic (exact) mass is 694 g/mol. The molecule has 1 N–H and O–H groups in total. The minimum Gasteiger partial charge on any atom is -0.421 e. The summed E-state index contributed by atoms with van der Waals surface area (Å²) < 4.78 is 7.67. The van der Waals surface area contributed by atoms with E-state index in [1.807, 2.05) is 42.5 Å². The highest BCUT2D eigenvalue weighted by molar-refractivity contribution is 9.11. The molecular formula is C30H21Br3N2O3. The molecule has 5 rings (SSSR count). The Morgan fingerprint density at radius 3 is 2.08 bits per heavy atom. The van der Waals surface area contributed by atoms with Crippen LogP contribution in [0.15, 0.2) is 116 Å². The molecule has 1 aliphatic carbocycles. The lowest BCUT2D eigenvalue weighted by Gasteiger charge is -2.18. The van der Waals surface area contributed by atoms with Crippen molar-refractivity contribution in [2.45, 2.75) is 11.8 Å². The van der Waals surface area contributed by atoms with Crippen LogP contribution in [0.1, 0.15) is 33.5 Å². The molecule has 0 aromatic heterocycles. The highest BCUT2D eigenvalue weighted by Crippen LogP contribution is 2.58. The minimum atomic E-state index is -0.521. The number of nitrogens with one attached hydrogen (secondary N) is 1. The molecule has 38 heavy (non-hydrogen) atoms. The summed E-state index contributed by atoms with van der Waals surface area (Å²) >= 11 is 10.3. The van der Waals surface area contributed by atoms with Gasteiger partial charge in [0.25, 0.3) is 0 Å². The Labute approximate surface area is 245 Å². The van der Waals surface area contributed by atoms with E-state index in [4.69, 9.17) is 4.74 Å². The maximum absolute atomic E-state index is 13.2. The van der Waals surface area contributed by atoms with Crippen LogP contribution in [0, 0.1) is 5.92 Å². The standard InChI is InChI=1S/C30H21Br3N2O3/c31-22-15-19(27(26(33)16-22)38-29(37)23-13-7-8-14-25(23)32)18-34-35-28(36)24-17-30(24,20-9-3-1-4-10-20)21-11-5-2-6-12-21/h1-16,18,24H,17H2,(H,35,36)/b34-18+. The van der Waals surface area contributed by atoms with Crippen LogP contribution < -0.4 is 10.2 Å². The van der Waals surface area contributed by atoms with E-state index in [-0.39, 0.29) is 17.2 Å². The van der Waals surface area contributed by atoms with Gasteiger partial charge in [-0.3, -0.25) is 4.79 Å². The summed E-state index contributed by atoms with van der Waals surface area (Å²) in [6, 6.07) is 30.7. The number of hydrogen-bond acceptors (Lipinski definition) is 4. The first-order valence-corrected chi connectivity index (χ1v) is 14.2. The number of esters is 1. The molecule has 5 nitrogen and oxygen atoms in total. The van der Waals surface area contributed by atoms with E-state index < -0.39 is 5.97 Å². The van der Waals surface area contributed by atoms with Crippen molar-refractivity contribution in [1.82, 2.24) is 5.43 Å². The summed E-state index contributed by atoms with van der Waals surface area (Å²) in [5.74, 6) is -0.657. The van der Waals surface area contributed by atoms with Gasteiger partial charge in [0.2, 0.25) is 5.91 Å². The Kier molecular flexibility index (Phi) is 7.93. The van der Waals surface area contributed by atoms with Gasteiger partial charge in [0.1, 0.15) is 0 Å². The third-order valence-electron chi connectivity index (χ3n) is 6.56. The second-order valence-electron chi connectivity index (χ2n) is 8.87. The summed E-state index contributed by atoms with van der Waals surface area (Å²) in [5, 5.41) is 4.23. The van der Waals surface area contributed by atoms with E-state index in [1.165, 1.54) is 6.21 Å². The van der Waals surface area contributed by atoms with Crippen LogP contribution in [-0.2, 0) is 10.2 Å². The maximum Gasteiger partial charge on any atom is 0.344 e. The van der Waals surface area contributed by atoms with E-state index in [1.54, 1.807) is 30.3 Å². The van der Waals surface area contributed by atoms with Gasteiger partial charge < -0.3 is 4.74 Å². The fourth-order valence-electron chi connectivity index (χ4n) is 4.66. The fraction of sp³-hybridized carbons (Fsp3) is 0.100. The molecule has 4 aromatic carbocycles. The van der Waals surface area contributed by atoms with Crippen LogP contribution in [0.25, 0.3) is 0 Å². The van der Waals surface area contributed by atoms with Crippen LogP contribution in [0.5, 0.6) is 5.75 Å². The van der Waals surface area contributed by atoms with E-state index in [9.17, 15) is 9.59 Å². The number of hydrazone groups is 1. The first kappa shape index (κ1) is 26.5. The topological polar surface area (TPSA) is 67.8 Å². The van der Waals surface area contributed by atoms with Gasteiger partial charge in [-0.05, 0) is 73.7 Å². The quantitative estimate of drug-likeness (QED) is 0.0935. The number of benzene rings is 4. The zero-order chi connectivity index (χ0) is 26.7. The normalized spacial score (nSPS) is 15.7. The molecule has 4 aromatic rings. The van der Waals surface area contributed by atoms with Crippen LogP contribution in [-0.4, -0.2) is 18.1 Å². The highest BCUT2D eigenvalue weighted by atomic mass is 79.9. The lowest BCUT2D eigenvalue weighted by molar-refractivity contribution is -0.122. The number of ether oxygens (including phenoxy) is 1. The molecule has 1 aliphatic rings. The van der Waals surface area contributed by atoms with Crippen molar-refractivity contribution in [3.05, 3.63) is 133 Å². The number of rotatable bonds is 7. The van der Waals surface area contributed by atoms with E-state index in [2.05, 4.69) is 82.6 Å². The van der Waals surface area contributed by atoms with Gasteiger partial charge >= 0.3 is 5.97 Å². The number of nitrogens with zero attached hydrogens (tertiary/aromatic N) is 1. The van der Waals surface area contributed by atoms with Gasteiger partial charge in [-0.1, -0.05) is 88.7 Å². The van der Waals surface area contributed by atoms with Crippen LogP contribution >= 0.6 is 47.8 Å². The first-order chi connectivity index (χ1) is 18.4. The predicted molar refractivity (Wildman–Crippen MR) is 158 cm³/mol. The SMILES string of the molecule is O=C(Oc1c(Br)cc(Br)cc1/C=N/NC(=O)C1CC1(c1ccccc1)c1ccccc1)c1ccccc1Br. The fourth-order valence-corrected chi connectivity index (χ4v) is 6.44. The zero-order valence-corrected chi connectivity index (χ0v) is 24.7. The Morgan fingerprint density at radius 1 is 0.842 bits per heavy atom. The average molecular weight is 697 g/mol. The van der Waals surface area contributed by atoms with E-state index in [0.29, 0.717) is 32.2 Å². The number of amides is 1. The van der Waals surface area contributed by atoms with Crippen molar-refractivity contribution >= 4 is 65.9 Å². The second kappa shape index (κ2) is 11.4. The molecular weight excluding hydrogens is 676 g/mol. The Balaban J connectivity index is 1.36. The number of carbonyl (C=O) groups is 2. The lowest BCUT2D eigenvalue weighted by atomic mass is 9.85. The Bertz CT molecular complexity index is 1490. The summed E-state index contributed by atoms with van der Waals surface area (Å²) in [6.45, 7) is 0. The third kappa shape index (κ3) is 5.39. The summed E-state index contributed by atoms with van der Waals surface area (Å²) in [7, 11) is 0. The number of halogens is 3. The van der Waals surface area contributed by atoms with Crippen molar-refractivity contribution in [3.63, 3.8) is 0 Å². The van der Waals surface area contributed by atoms with Crippen molar-refractivity contribution in [2.75, 3.05) is 0 Å². The Hall–Kier alpha value is -3.07. The molecule has 0 heterocycles. The molecule has 0 bridgehead atoms. The van der Waals surface area contributed by atoms with E-state index in [0.717, 1.165) is 15.6 Å². The zero-order valence-electron chi connectivity index (χ0n) is 19.9. The van der Waals surface area contributed by atoms with Crippen molar-refractivity contribution < 1.29 is 14.3 Å². The summed E-state index contributed by atoms with van der Waals surface area (Å²) in [5.41, 5.74) is 5.43. The van der Waals surface area contributed by atoms with Gasteiger partial charge in [-0.25, -0.2) is 10.2 Å². The molecule has 1 saturated carbocycles. The Morgan fingerprint density at radius 2 is 1.45 bits per heavy atom. The van der Waals surface area contributed by atoms with Gasteiger partial charge in [0, 0.05) is 19.9 Å². The highest BCUT2D eigenvalue weighted by Gasteiger charge is 2.60. The molecule has 1 fully saturated rings. The van der Waals surface area contributed by atoms with Gasteiger partial charge in [0.05, 0.1) is 22.2 Å². The van der Waals surface area contributed by atoms with Crippen molar-refractivity contribution in [1.29, 1.82) is 0 Å². The van der Waals surface area contributed by atoms with Crippen LogP contribution in [0.3, 0.4) is 0 Å². The first-order valence-electron chi connectivity index (χ1n) is 11.8. The second-order valence-corrected chi connectivity index (χ2v) is 11.5. The third-order valence-corrected chi connectivity index (χ3v) is 8.30. The largest absolute Gasteiger partial charge is 0.421 e. The summed E-state index contributed by atoms with van der Waals surface area (Å²) in [4.78, 5) is 26.1. The molecule has 0 aliphatic heterocycles. The number of carbonyl (C=O) groups excluding carboxylic acids is 2. The molecule has 1 atom stereocenters. The lowest BCUT2D eigenvalue weighted by Crippen LogP contribution is -2.25. The number of hydrogen-bond donors (Lipinski definition) is 1. The summed E-state index contributed by atoms with van der Waals surface area (Å²) in [6.07, 6.45) is 2.17. The van der Waals surface area contributed by atoms with Crippen LogP contribution in [0.2, 0.25) is 0 Å². The maximum atomic E-state index is 13.2. The molecule has 0 spiro atoms. The molecule has 8 heteroatoms. The van der Waals surface area contributed by atoms with Crippen LogP contribution in [0.4, 0.5) is 0 Å². The predicted octanol–water partition coefficient (Wildman–Crippen LogP) is 7.65. The van der Waals surface area contributed by atoms with Crippen molar-refractivity contribution in [3.8, 4) is 5.75 Å². The van der Waals surface area contributed by atoms with Crippen molar-refractivity contribution in [2.24, 2.45) is 11.0 Å².